The number of hydroxylamine groups is 1. The standard InChI is InChI=1S/C14H23NO4.ClH/c1-10(2)8-11-9-14(19-15-11)12(16)17-13(18-14)6-4-3-5-7-13;/h10-11,15H,3-9H2,1-2H3;1H/t11-,14+;/m0./s1. The van der Waals surface area contributed by atoms with Gasteiger partial charge < -0.3 is 17.1 Å². The highest BCUT2D eigenvalue weighted by Crippen LogP contribution is 2.45. The van der Waals surface area contributed by atoms with Crippen LogP contribution in [0, 0.1) is 5.92 Å². The van der Waals surface area contributed by atoms with Gasteiger partial charge in [-0.2, -0.15) is 10.3 Å². The molecule has 2 spiro atoms. The lowest BCUT2D eigenvalue weighted by Crippen LogP contribution is -3.00. The van der Waals surface area contributed by atoms with Crippen molar-refractivity contribution in [3.05, 3.63) is 0 Å². The minimum Gasteiger partial charge on any atom is -1.00 e. The van der Waals surface area contributed by atoms with Crippen LogP contribution in [0.4, 0.5) is 0 Å². The first kappa shape index (κ1) is 16.0. The fourth-order valence-electron chi connectivity index (χ4n) is 3.49. The summed E-state index contributed by atoms with van der Waals surface area (Å²) in [7, 11) is 0. The van der Waals surface area contributed by atoms with Gasteiger partial charge in [0.05, 0.1) is 6.42 Å². The van der Waals surface area contributed by atoms with Crippen molar-refractivity contribution in [3.8, 4) is 0 Å². The molecule has 2 atom stereocenters. The monoisotopic (exact) mass is 305 g/mol. The summed E-state index contributed by atoms with van der Waals surface area (Å²) in [6, 6.07) is 0.284. The summed E-state index contributed by atoms with van der Waals surface area (Å²) in [5, 5.41) is 0. The Hall–Kier alpha value is -0.360. The minimum atomic E-state index is -1.14. The second kappa shape index (κ2) is 5.79. The van der Waals surface area contributed by atoms with E-state index in [1.807, 2.05) is 0 Å². The van der Waals surface area contributed by atoms with Crippen LogP contribution in [-0.4, -0.2) is 23.6 Å². The van der Waals surface area contributed by atoms with Gasteiger partial charge in [-0.25, -0.2) is 4.79 Å². The number of carbonyl (C=O) groups is 1. The predicted molar refractivity (Wildman–Crippen MR) is 66.6 cm³/mol. The Morgan fingerprint density at radius 3 is 2.65 bits per heavy atom. The van der Waals surface area contributed by atoms with E-state index in [0.29, 0.717) is 12.3 Å². The molecule has 1 saturated carbocycles. The molecule has 0 radical (unpaired) electrons. The predicted octanol–water partition coefficient (Wildman–Crippen LogP) is -1.77. The summed E-state index contributed by atoms with van der Waals surface area (Å²) >= 11 is 0. The second-order valence-corrected chi connectivity index (χ2v) is 6.56. The first-order chi connectivity index (χ1) is 9.04. The molecule has 0 unspecified atom stereocenters. The number of esters is 1. The Morgan fingerprint density at radius 1 is 1.30 bits per heavy atom. The molecule has 2 heterocycles. The van der Waals surface area contributed by atoms with E-state index < -0.39 is 11.6 Å². The summed E-state index contributed by atoms with van der Waals surface area (Å²) < 4.78 is 11.6. The number of hydrogen-bond acceptors (Lipinski definition) is 4. The Bertz CT molecular complexity index is 370. The van der Waals surface area contributed by atoms with E-state index in [-0.39, 0.29) is 24.4 Å². The van der Waals surface area contributed by atoms with Crippen LogP contribution < -0.4 is 17.9 Å². The Morgan fingerprint density at radius 2 is 2.00 bits per heavy atom. The van der Waals surface area contributed by atoms with E-state index in [0.717, 1.165) is 32.1 Å². The van der Waals surface area contributed by atoms with Crippen LogP contribution in [0.25, 0.3) is 0 Å². The molecule has 116 valence electrons. The molecule has 3 rings (SSSR count). The average Bonchev–Trinajstić information content (AvgIpc) is 2.83. The molecule has 0 aromatic heterocycles. The highest BCUT2D eigenvalue weighted by Gasteiger charge is 2.65. The van der Waals surface area contributed by atoms with Gasteiger partial charge in [0, 0.05) is 19.3 Å². The number of ether oxygens (including phenoxy) is 2. The molecule has 2 N–H and O–H groups in total. The van der Waals surface area contributed by atoms with Crippen molar-refractivity contribution < 1.29 is 37.0 Å². The quantitative estimate of drug-likeness (QED) is 0.614. The van der Waals surface area contributed by atoms with Gasteiger partial charge in [0.25, 0.3) is 0 Å². The molecule has 2 saturated heterocycles. The Kier molecular flexibility index (Phi) is 4.64. The van der Waals surface area contributed by atoms with Crippen LogP contribution in [0.2, 0.25) is 0 Å². The van der Waals surface area contributed by atoms with Crippen molar-refractivity contribution in [3.63, 3.8) is 0 Å². The maximum Gasteiger partial charge on any atom is 0.375 e. The fourth-order valence-corrected chi connectivity index (χ4v) is 3.49. The zero-order valence-electron chi connectivity index (χ0n) is 12.2. The largest absolute Gasteiger partial charge is 1.00 e. The Balaban J connectivity index is 0.00000147. The van der Waals surface area contributed by atoms with Gasteiger partial charge in [-0.05, 0) is 18.8 Å². The van der Waals surface area contributed by atoms with Crippen LogP contribution >= 0.6 is 0 Å². The molecule has 2 aliphatic heterocycles. The van der Waals surface area contributed by atoms with Gasteiger partial charge in [0.15, 0.2) is 0 Å². The normalized spacial score (nSPS) is 35.5. The lowest BCUT2D eigenvalue weighted by molar-refractivity contribution is -0.911. The first-order valence-corrected chi connectivity index (χ1v) is 7.48. The van der Waals surface area contributed by atoms with Crippen LogP contribution in [0.15, 0.2) is 0 Å². The van der Waals surface area contributed by atoms with E-state index >= 15 is 0 Å². The number of carbonyl (C=O) groups excluding carboxylic acids is 1. The second-order valence-electron chi connectivity index (χ2n) is 6.56. The highest BCUT2D eigenvalue weighted by atomic mass is 35.5. The smallest absolute Gasteiger partial charge is 0.375 e. The number of quaternary nitrogens is 1. The number of nitrogens with two attached hydrogens (primary N) is 1. The van der Waals surface area contributed by atoms with Crippen molar-refractivity contribution in [2.24, 2.45) is 5.92 Å². The van der Waals surface area contributed by atoms with Crippen molar-refractivity contribution in [1.29, 1.82) is 0 Å². The molecule has 0 bridgehead atoms. The van der Waals surface area contributed by atoms with E-state index in [2.05, 4.69) is 13.8 Å². The van der Waals surface area contributed by atoms with Gasteiger partial charge in [0.1, 0.15) is 6.04 Å². The van der Waals surface area contributed by atoms with Crippen molar-refractivity contribution in [2.45, 2.75) is 76.4 Å². The summed E-state index contributed by atoms with van der Waals surface area (Å²) in [6.07, 6.45) is 6.54. The number of rotatable bonds is 2. The molecule has 0 amide bonds. The zero-order valence-corrected chi connectivity index (χ0v) is 12.9. The van der Waals surface area contributed by atoms with Gasteiger partial charge in [-0.15, -0.1) is 0 Å². The first-order valence-electron chi connectivity index (χ1n) is 7.48. The van der Waals surface area contributed by atoms with E-state index in [4.69, 9.17) is 14.3 Å². The van der Waals surface area contributed by atoms with E-state index in [1.54, 1.807) is 5.48 Å². The van der Waals surface area contributed by atoms with E-state index in [1.165, 1.54) is 6.42 Å². The molecule has 0 aromatic rings. The van der Waals surface area contributed by atoms with Crippen LogP contribution in [0.1, 0.15) is 58.8 Å². The third-order valence-electron chi connectivity index (χ3n) is 4.31. The summed E-state index contributed by atoms with van der Waals surface area (Å²) in [6.45, 7) is 4.35. The molecular formula is C14H24ClNO4. The van der Waals surface area contributed by atoms with Gasteiger partial charge in [-0.1, -0.05) is 20.3 Å². The van der Waals surface area contributed by atoms with Gasteiger partial charge in [-0.3, -0.25) is 4.74 Å². The molecule has 3 fully saturated rings. The number of halogens is 1. The topological polar surface area (TPSA) is 61.4 Å². The average molecular weight is 306 g/mol. The number of hydrogen-bond donors (Lipinski definition) is 1. The molecule has 3 aliphatic rings. The fraction of sp³-hybridized carbons (Fsp3) is 0.929. The van der Waals surface area contributed by atoms with Crippen molar-refractivity contribution in [1.82, 2.24) is 0 Å². The minimum absolute atomic E-state index is 0. The highest BCUT2D eigenvalue weighted by molar-refractivity contribution is 5.80. The summed E-state index contributed by atoms with van der Waals surface area (Å²) in [5.41, 5.74) is 1.78. The zero-order chi connectivity index (χ0) is 13.5. The molecule has 20 heavy (non-hydrogen) atoms. The molecule has 0 aromatic carbocycles. The van der Waals surface area contributed by atoms with Crippen LogP contribution in [0.5, 0.6) is 0 Å². The summed E-state index contributed by atoms with van der Waals surface area (Å²) in [5.74, 6) is -1.58. The third kappa shape index (κ3) is 2.82. The van der Waals surface area contributed by atoms with Crippen molar-refractivity contribution >= 4 is 5.97 Å². The SMILES string of the molecule is CC(C)C[C@H]1C[C@]2(O[NH2+]1)OC1(CCCCC1)OC2=O.[Cl-]. The van der Waals surface area contributed by atoms with Crippen LogP contribution in [0.3, 0.4) is 0 Å². The lowest BCUT2D eigenvalue weighted by Gasteiger charge is -2.30. The molecule has 5 nitrogen and oxygen atoms in total. The molecular weight excluding hydrogens is 282 g/mol. The van der Waals surface area contributed by atoms with E-state index in [9.17, 15) is 4.79 Å². The summed E-state index contributed by atoms with van der Waals surface area (Å²) in [4.78, 5) is 17.8. The maximum absolute atomic E-state index is 12.2. The van der Waals surface area contributed by atoms with Crippen molar-refractivity contribution in [2.75, 3.05) is 0 Å². The molecule has 1 aliphatic carbocycles. The van der Waals surface area contributed by atoms with Gasteiger partial charge >= 0.3 is 11.8 Å². The molecule has 6 heteroatoms. The van der Waals surface area contributed by atoms with Crippen LogP contribution in [-0.2, 0) is 19.1 Å². The maximum atomic E-state index is 12.2. The Labute approximate surface area is 126 Å². The lowest BCUT2D eigenvalue weighted by atomic mass is 9.94. The third-order valence-corrected chi connectivity index (χ3v) is 4.31. The van der Waals surface area contributed by atoms with Gasteiger partial charge in [0.2, 0.25) is 5.79 Å².